The average Bonchev–Trinajstić information content (AvgIpc) is 3.01. The number of aryl methyl sites for hydroxylation is 1. The van der Waals surface area contributed by atoms with E-state index in [1.807, 2.05) is 30.0 Å². The summed E-state index contributed by atoms with van der Waals surface area (Å²) in [6.07, 6.45) is 7.35. The third kappa shape index (κ3) is 5.01. The van der Waals surface area contributed by atoms with Crippen LogP contribution in [0.3, 0.4) is 0 Å². The second kappa shape index (κ2) is 7.94. The maximum atomic E-state index is 12.4. The Morgan fingerprint density at radius 1 is 1.27 bits per heavy atom. The fourth-order valence-corrected chi connectivity index (χ4v) is 2.31. The molecule has 2 amide bonds. The predicted octanol–water partition coefficient (Wildman–Crippen LogP) is 0.932. The van der Waals surface area contributed by atoms with E-state index in [1.165, 1.54) is 5.48 Å². The van der Waals surface area contributed by atoms with Crippen LogP contribution < -0.4 is 16.5 Å². The lowest BCUT2D eigenvalue weighted by Gasteiger charge is -2.29. The first-order chi connectivity index (χ1) is 12.2. The second-order valence-corrected chi connectivity index (χ2v) is 6.62. The normalized spacial score (nSPS) is 12.8. The second-order valence-electron chi connectivity index (χ2n) is 6.62. The van der Waals surface area contributed by atoms with Crippen molar-refractivity contribution in [3.05, 3.63) is 53.6 Å². The van der Waals surface area contributed by atoms with E-state index >= 15 is 0 Å². The molecule has 8 heteroatoms. The smallest absolute Gasteiger partial charge is 0.267 e. The lowest BCUT2D eigenvalue weighted by molar-refractivity contribution is -0.132. The Hall–Kier alpha value is -2.97. The zero-order chi connectivity index (χ0) is 19.3. The molecule has 0 aliphatic heterocycles. The summed E-state index contributed by atoms with van der Waals surface area (Å²) in [6, 6.07) is 5.77. The molecule has 0 fully saturated rings. The molecule has 0 bridgehead atoms. The van der Waals surface area contributed by atoms with Gasteiger partial charge in [-0.15, -0.1) is 0 Å². The summed E-state index contributed by atoms with van der Waals surface area (Å²) < 4.78 is 1.85. The largest absolute Gasteiger partial charge is 0.340 e. The van der Waals surface area contributed by atoms with Crippen molar-refractivity contribution in [1.82, 2.24) is 20.3 Å². The van der Waals surface area contributed by atoms with Gasteiger partial charge >= 0.3 is 0 Å². The Kier molecular flexibility index (Phi) is 5.91. The monoisotopic (exact) mass is 357 g/mol. The van der Waals surface area contributed by atoms with Crippen LogP contribution in [0.4, 0.5) is 0 Å². The van der Waals surface area contributed by atoms with E-state index in [-0.39, 0.29) is 0 Å². The van der Waals surface area contributed by atoms with Gasteiger partial charge < -0.3 is 15.6 Å². The van der Waals surface area contributed by atoms with Crippen molar-refractivity contribution >= 4 is 24.0 Å². The van der Waals surface area contributed by atoms with E-state index in [9.17, 15) is 9.59 Å². The van der Waals surface area contributed by atoms with Crippen molar-refractivity contribution in [2.24, 2.45) is 12.8 Å². The van der Waals surface area contributed by atoms with Crippen LogP contribution in [0.15, 0.2) is 36.8 Å². The molecule has 0 radical (unpaired) electrons. The highest BCUT2D eigenvalue weighted by Gasteiger charge is 2.33. The van der Waals surface area contributed by atoms with Crippen LogP contribution in [0, 0.1) is 0 Å². The number of benzene rings is 1. The van der Waals surface area contributed by atoms with Gasteiger partial charge in [-0.1, -0.05) is 18.2 Å². The standard InChI is InChI=1S/C18H23N5O3/c1-18(2,19)15(17(25)22-26)21-16(24)13-7-4-12(5-8-13)6-9-14-10-23(3)11-20-14/h4-11,15,26H,19H2,1-3H3,(H,21,24)(H,22,25)/b9-6+/t15-/m1/s1. The molecule has 1 heterocycles. The minimum absolute atomic E-state index is 0.375. The van der Waals surface area contributed by atoms with Crippen LogP contribution in [0.5, 0.6) is 0 Å². The fourth-order valence-electron chi connectivity index (χ4n) is 2.31. The topological polar surface area (TPSA) is 122 Å². The number of hydrogen-bond acceptors (Lipinski definition) is 5. The summed E-state index contributed by atoms with van der Waals surface area (Å²) in [5.74, 6) is -1.24. The molecule has 26 heavy (non-hydrogen) atoms. The van der Waals surface area contributed by atoms with Crippen LogP contribution in [0.25, 0.3) is 12.2 Å². The number of amides is 2. The van der Waals surface area contributed by atoms with Crippen LogP contribution in [0.1, 0.15) is 35.5 Å². The van der Waals surface area contributed by atoms with Gasteiger partial charge in [0.05, 0.1) is 12.0 Å². The highest BCUT2D eigenvalue weighted by Crippen LogP contribution is 2.11. The Labute approximate surface area is 151 Å². The van der Waals surface area contributed by atoms with Gasteiger partial charge in [0.15, 0.2) is 0 Å². The molecule has 138 valence electrons. The van der Waals surface area contributed by atoms with E-state index in [1.54, 1.807) is 44.4 Å². The molecule has 0 unspecified atom stereocenters. The van der Waals surface area contributed by atoms with Gasteiger partial charge in [0.2, 0.25) is 0 Å². The average molecular weight is 357 g/mol. The number of aromatic nitrogens is 2. The third-order valence-corrected chi connectivity index (χ3v) is 3.74. The molecule has 8 nitrogen and oxygen atoms in total. The van der Waals surface area contributed by atoms with E-state index in [4.69, 9.17) is 10.9 Å². The molecule has 1 aromatic carbocycles. The minimum atomic E-state index is -1.08. The van der Waals surface area contributed by atoms with Crippen molar-refractivity contribution < 1.29 is 14.8 Å². The molecule has 1 aromatic heterocycles. The molecular weight excluding hydrogens is 334 g/mol. The van der Waals surface area contributed by atoms with E-state index in [0.29, 0.717) is 5.56 Å². The summed E-state index contributed by atoms with van der Waals surface area (Å²) >= 11 is 0. The zero-order valence-corrected chi connectivity index (χ0v) is 14.9. The lowest BCUT2D eigenvalue weighted by Crippen LogP contribution is -2.61. The molecule has 2 aromatic rings. The number of hydroxylamine groups is 1. The van der Waals surface area contributed by atoms with Crippen molar-refractivity contribution in [1.29, 1.82) is 0 Å². The molecular formula is C18H23N5O3. The minimum Gasteiger partial charge on any atom is -0.340 e. The quantitative estimate of drug-likeness (QED) is 0.452. The van der Waals surface area contributed by atoms with Crippen molar-refractivity contribution in [2.75, 3.05) is 0 Å². The zero-order valence-electron chi connectivity index (χ0n) is 14.9. The SMILES string of the molecule is Cn1cnc(/C=C/c2ccc(C(=O)N[C@H](C(=O)NO)C(C)(C)N)cc2)c1. The van der Waals surface area contributed by atoms with Crippen LogP contribution in [-0.4, -0.2) is 38.2 Å². The van der Waals surface area contributed by atoms with Crippen molar-refractivity contribution in [2.45, 2.75) is 25.4 Å². The van der Waals surface area contributed by atoms with Crippen LogP contribution in [-0.2, 0) is 11.8 Å². The van der Waals surface area contributed by atoms with Gasteiger partial charge in [-0.3, -0.25) is 14.8 Å². The fraction of sp³-hybridized carbons (Fsp3) is 0.278. The Balaban J connectivity index is 2.08. The highest BCUT2D eigenvalue weighted by atomic mass is 16.5. The summed E-state index contributed by atoms with van der Waals surface area (Å²) in [5.41, 5.74) is 8.48. The number of nitrogens with two attached hydrogens (primary N) is 1. The van der Waals surface area contributed by atoms with E-state index in [0.717, 1.165) is 11.3 Å². The molecule has 0 saturated carbocycles. The van der Waals surface area contributed by atoms with Gasteiger partial charge in [0.25, 0.3) is 11.8 Å². The lowest BCUT2D eigenvalue weighted by atomic mass is 9.95. The number of carbonyl (C=O) groups is 2. The molecule has 0 spiro atoms. The summed E-state index contributed by atoms with van der Waals surface area (Å²) in [4.78, 5) is 28.3. The first-order valence-electron chi connectivity index (χ1n) is 8.00. The number of imidazole rings is 1. The summed E-state index contributed by atoms with van der Waals surface area (Å²) in [5, 5.41) is 11.4. The number of rotatable bonds is 6. The Bertz CT molecular complexity index is 803. The first kappa shape index (κ1) is 19.4. The van der Waals surface area contributed by atoms with Gasteiger partial charge in [-0.2, -0.15) is 0 Å². The Morgan fingerprint density at radius 2 is 1.92 bits per heavy atom. The summed E-state index contributed by atoms with van der Waals surface area (Å²) in [6.45, 7) is 3.16. The molecule has 0 saturated heterocycles. The molecule has 5 N–H and O–H groups in total. The van der Waals surface area contributed by atoms with Gasteiger partial charge in [0, 0.05) is 24.3 Å². The Morgan fingerprint density at radius 3 is 2.42 bits per heavy atom. The maximum absolute atomic E-state index is 12.4. The van der Waals surface area contributed by atoms with E-state index < -0.39 is 23.4 Å². The van der Waals surface area contributed by atoms with Gasteiger partial charge in [-0.05, 0) is 37.6 Å². The summed E-state index contributed by atoms with van der Waals surface area (Å²) in [7, 11) is 1.89. The number of carbonyl (C=O) groups excluding carboxylic acids is 2. The molecule has 0 aliphatic carbocycles. The predicted molar refractivity (Wildman–Crippen MR) is 98.0 cm³/mol. The first-order valence-corrected chi connectivity index (χ1v) is 8.00. The molecule has 1 atom stereocenters. The number of hydrogen-bond donors (Lipinski definition) is 4. The van der Waals surface area contributed by atoms with Crippen LogP contribution in [0.2, 0.25) is 0 Å². The third-order valence-electron chi connectivity index (χ3n) is 3.74. The highest BCUT2D eigenvalue weighted by molar-refractivity contribution is 5.98. The number of nitrogens with zero attached hydrogens (tertiary/aromatic N) is 2. The van der Waals surface area contributed by atoms with Gasteiger partial charge in [-0.25, -0.2) is 10.5 Å². The molecule has 2 rings (SSSR count). The number of nitrogens with one attached hydrogen (secondary N) is 2. The maximum Gasteiger partial charge on any atom is 0.267 e. The van der Waals surface area contributed by atoms with Crippen LogP contribution >= 0.6 is 0 Å². The van der Waals surface area contributed by atoms with Crippen molar-refractivity contribution in [3.8, 4) is 0 Å². The van der Waals surface area contributed by atoms with Gasteiger partial charge in [0.1, 0.15) is 6.04 Å². The van der Waals surface area contributed by atoms with Crippen molar-refractivity contribution in [3.63, 3.8) is 0 Å². The van der Waals surface area contributed by atoms with E-state index in [2.05, 4.69) is 10.3 Å². The molecule has 0 aliphatic rings.